The summed E-state index contributed by atoms with van der Waals surface area (Å²) < 4.78 is 17.8. The number of hydrogen-bond acceptors (Lipinski definition) is 2. The molecule has 0 aromatic rings. The number of aliphatic imine (C=N–C) groups is 1. The van der Waals surface area contributed by atoms with Crippen LogP contribution in [0.4, 0.5) is 0 Å². The first-order chi connectivity index (χ1) is 3.27. The standard InChI is InChI=1S/C3H7NO2S/c1-2-4-3-7(5)6/h2H,3H2,1H3,(H,5,6). The van der Waals surface area contributed by atoms with Gasteiger partial charge >= 0.3 is 0 Å². The van der Waals surface area contributed by atoms with Gasteiger partial charge in [0.05, 0.1) is 0 Å². The molecule has 0 heterocycles. The quantitative estimate of drug-likeness (QED) is 0.420. The molecule has 0 aliphatic rings. The van der Waals surface area contributed by atoms with E-state index < -0.39 is 11.1 Å². The van der Waals surface area contributed by atoms with E-state index in [0.717, 1.165) is 0 Å². The van der Waals surface area contributed by atoms with Gasteiger partial charge in [0.25, 0.3) is 0 Å². The van der Waals surface area contributed by atoms with Gasteiger partial charge in [-0.3, -0.25) is 4.99 Å². The summed E-state index contributed by atoms with van der Waals surface area (Å²) >= 11 is -1.76. The summed E-state index contributed by atoms with van der Waals surface area (Å²) in [6, 6.07) is 0. The summed E-state index contributed by atoms with van der Waals surface area (Å²) in [6.45, 7) is 1.70. The Morgan fingerprint density at radius 3 is 2.71 bits per heavy atom. The van der Waals surface area contributed by atoms with Crippen LogP contribution in [0.1, 0.15) is 6.92 Å². The predicted octanol–water partition coefficient (Wildman–Crippen LogP) is 0.256. The zero-order valence-electron chi connectivity index (χ0n) is 4.00. The second kappa shape index (κ2) is 3.95. The maximum Gasteiger partial charge on any atom is 0.175 e. The van der Waals surface area contributed by atoms with Crippen molar-refractivity contribution >= 4 is 17.3 Å². The fourth-order valence-corrected chi connectivity index (χ4v) is 0.415. The monoisotopic (exact) mass is 121 g/mol. The van der Waals surface area contributed by atoms with Gasteiger partial charge in [0.2, 0.25) is 0 Å². The van der Waals surface area contributed by atoms with E-state index in [1.54, 1.807) is 6.92 Å². The third-order valence-electron chi connectivity index (χ3n) is 0.368. The summed E-state index contributed by atoms with van der Waals surface area (Å²) in [4.78, 5) is 3.50. The third kappa shape index (κ3) is 5.78. The van der Waals surface area contributed by atoms with Crippen molar-refractivity contribution in [2.24, 2.45) is 4.99 Å². The van der Waals surface area contributed by atoms with Gasteiger partial charge in [-0.15, -0.1) is 0 Å². The van der Waals surface area contributed by atoms with Crippen molar-refractivity contribution in [2.45, 2.75) is 6.92 Å². The largest absolute Gasteiger partial charge is 0.305 e. The Morgan fingerprint density at radius 1 is 2.00 bits per heavy atom. The van der Waals surface area contributed by atoms with Gasteiger partial charge in [-0.2, -0.15) is 0 Å². The summed E-state index contributed by atoms with van der Waals surface area (Å²) in [7, 11) is 0. The fourth-order valence-electron chi connectivity index (χ4n) is 0.138. The predicted molar refractivity (Wildman–Crippen MR) is 29.8 cm³/mol. The maximum absolute atomic E-state index is 9.76. The average molecular weight is 121 g/mol. The van der Waals surface area contributed by atoms with Crippen molar-refractivity contribution in [1.29, 1.82) is 0 Å². The lowest BCUT2D eigenvalue weighted by Crippen LogP contribution is -1.89. The number of rotatable bonds is 2. The smallest absolute Gasteiger partial charge is 0.175 e. The van der Waals surface area contributed by atoms with Crippen LogP contribution in [0.5, 0.6) is 0 Å². The van der Waals surface area contributed by atoms with Gasteiger partial charge in [0.15, 0.2) is 11.1 Å². The topological polar surface area (TPSA) is 49.7 Å². The minimum absolute atomic E-state index is 0.00347. The SMILES string of the molecule is CC=NCS(=O)O. The molecule has 42 valence electrons. The van der Waals surface area contributed by atoms with Gasteiger partial charge in [-0.1, -0.05) is 0 Å². The first-order valence-electron chi connectivity index (χ1n) is 1.79. The Morgan fingerprint density at radius 2 is 2.57 bits per heavy atom. The van der Waals surface area contributed by atoms with Crippen LogP contribution in [-0.2, 0) is 11.1 Å². The molecule has 0 aromatic carbocycles. The zero-order valence-corrected chi connectivity index (χ0v) is 4.81. The van der Waals surface area contributed by atoms with E-state index in [9.17, 15) is 4.21 Å². The first kappa shape index (κ1) is 6.78. The molecule has 0 saturated heterocycles. The van der Waals surface area contributed by atoms with Crippen molar-refractivity contribution in [2.75, 3.05) is 5.88 Å². The second-order valence-corrected chi connectivity index (χ2v) is 1.79. The normalized spacial score (nSPS) is 15.1. The van der Waals surface area contributed by atoms with E-state index in [0.29, 0.717) is 0 Å². The van der Waals surface area contributed by atoms with E-state index in [1.165, 1.54) is 6.21 Å². The zero-order chi connectivity index (χ0) is 5.70. The first-order valence-corrected chi connectivity index (χ1v) is 3.07. The molecule has 0 amide bonds. The van der Waals surface area contributed by atoms with Gasteiger partial charge in [0.1, 0.15) is 5.88 Å². The molecular weight excluding hydrogens is 114 g/mol. The summed E-state index contributed by atoms with van der Waals surface area (Å²) in [6.07, 6.45) is 1.49. The molecule has 1 N–H and O–H groups in total. The van der Waals surface area contributed by atoms with Crippen molar-refractivity contribution in [1.82, 2.24) is 0 Å². The molecule has 1 atom stereocenters. The van der Waals surface area contributed by atoms with Crippen molar-refractivity contribution in [3.8, 4) is 0 Å². The van der Waals surface area contributed by atoms with Crippen LogP contribution in [0.3, 0.4) is 0 Å². The van der Waals surface area contributed by atoms with Crippen molar-refractivity contribution in [3.63, 3.8) is 0 Å². The van der Waals surface area contributed by atoms with Crippen LogP contribution in [0.25, 0.3) is 0 Å². The number of hydrogen-bond donors (Lipinski definition) is 1. The molecule has 0 aliphatic carbocycles. The lowest BCUT2D eigenvalue weighted by molar-refractivity contribution is 0.565. The van der Waals surface area contributed by atoms with E-state index in [2.05, 4.69) is 4.99 Å². The molecule has 1 unspecified atom stereocenters. The van der Waals surface area contributed by atoms with Crippen LogP contribution < -0.4 is 0 Å². The Bertz CT molecular complexity index is 90.9. The van der Waals surface area contributed by atoms with Crippen LogP contribution in [0.2, 0.25) is 0 Å². The highest BCUT2D eigenvalue weighted by molar-refractivity contribution is 7.79. The van der Waals surface area contributed by atoms with Gasteiger partial charge in [-0.25, -0.2) is 4.21 Å². The molecule has 0 fully saturated rings. The highest BCUT2D eigenvalue weighted by atomic mass is 32.2. The molecule has 0 aliphatic heterocycles. The molecule has 7 heavy (non-hydrogen) atoms. The van der Waals surface area contributed by atoms with Crippen LogP contribution in [0, 0.1) is 0 Å². The molecule has 0 bridgehead atoms. The molecule has 0 saturated carbocycles. The van der Waals surface area contributed by atoms with E-state index in [-0.39, 0.29) is 5.88 Å². The van der Waals surface area contributed by atoms with Gasteiger partial charge in [-0.05, 0) is 13.1 Å². The Hall–Kier alpha value is -0.220. The van der Waals surface area contributed by atoms with Gasteiger partial charge in [0, 0.05) is 0 Å². The second-order valence-electron chi connectivity index (χ2n) is 0.891. The van der Waals surface area contributed by atoms with Gasteiger partial charge < -0.3 is 4.55 Å². The molecule has 3 nitrogen and oxygen atoms in total. The average Bonchev–Trinajstić information content (AvgIpc) is 1.61. The summed E-state index contributed by atoms with van der Waals surface area (Å²) in [5, 5.41) is 0. The molecule has 4 heteroatoms. The van der Waals surface area contributed by atoms with Crippen LogP contribution >= 0.6 is 0 Å². The third-order valence-corrected chi connectivity index (χ3v) is 0.737. The summed E-state index contributed by atoms with van der Waals surface area (Å²) in [5.74, 6) is -0.00347. The molecule has 0 aromatic heterocycles. The Kier molecular flexibility index (Phi) is 3.83. The van der Waals surface area contributed by atoms with E-state index in [4.69, 9.17) is 4.55 Å². The Labute approximate surface area is 44.7 Å². The lowest BCUT2D eigenvalue weighted by Gasteiger charge is -1.79. The number of nitrogens with zero attached hydrogens (tertiary/aromatic N) is 1. The van der Waals surface area contributed by atoms with Crippen molar-refractivity contribution in [3.05, 3.63) is 0 Å². The minimum Gasteiger partial charge on any atom is -0.305 e. The molecular formula is C3H7NO2S. The van der Waals surface area contributed by atoms with Crippen LogP contribution in [-0.4, -0.2) is 20.9 Å². The fraction of sp³-hybridized carbons (Fsp3) is 0.667. The Balaban J connectivity index is 3.14. The lowest BCUT2D eigenvalue weighted by atomic mass is 10.9. The van der Waals surface area contributed by atoms with E-state index >= 15 is 0 Å². The highest BCUT2D eigenvalue weighted by Crippen LogP contribution is 1.71. The maximum atomic E-state index is 9.76. The van der Waals surface area contributed by atoms with E-state index in [1.807, 2.05) is 0 Å². The summed E-state index contributed by atoms with van der Waals surface area (Å²) in [5.41, 5.74) is 0. The molecule has 0 radical (unpaired) electrons. The molecule has 0 rings (SSSR count). The minimum atomic E-state index is -1.76. The highest BCUT2D eigenvalue weighted by Gasteiger charge is 1.82. The molecule has 0 spiro atoms. The van der Waals surface area contributed by atoms with Crippen LogP contribution in [0.15, 0.2) is 4.99 Å². The van der Waals surface area contributed by atoms with Crippen molar-refractivity contribution < 1.29 is 8.76 Å².